The first-order valence-corrected chi connectivity index (χ1v) is 10.7. The van der Waals surface area contributed by atoms with Crippen LogP contribution >= 0.6 is 0 Å². The van der Waals surface area contributed by atoms with Crippen molar-refractivity contribution in [3.63, 3.8) is 0 Å². The van der Waals surface area contributed by atoms with Gasteiger partial charge in [-0.15, -0.1) is 0 Å². The number of hydrogen-bond acceptors (Lipinski definition) is 4. The van der Waals surface area contributed by atoms with E-state index < -0.39 is 15.9 Å². The number of halogens is 1. The molecule has 156 valence electrons. The average Bonchev–Trinajstić information content (AvgIpc) is 2.76. The minimum absolute atomic E-state index is 0.259. The minimum Gasteiger partial charge on any atom is -0.282 e. The molecular weight excluding hydrogens is 419 g/mol. The molecule has 6 nitrogen and oxygen atoms in total. The Morgan fingerprint density at radius 3 is 2.10 bits per heavy atom. The van der Waals surface area contributed by atoms with Gasteiger partial charge in [-0.05, 0) is 41.0 Å². The van der Waals surface area contributed by atoms with E-state index in [9.17, 15) is 22.2 Å². The molecule has 4 rings (SSSR count). The van der Waals surface area contributed by atoms with Crippen LogP contribution in [0.2, 0.25) is 0 Å². The van der Waals surface area contributed by atoms with Gasteiger partial charge in [0.25, 0.3) is 15.7 Å². The van der Waals surface area contributed by atoms with Gasteiger partial charge in [-0.3, -0.25) is 9.35 Å². The Kier molecular flexibility index (Phi) is 5.50. The summed E-state index contributed by atoms with van der Waals surface area (Å²) in [4.78, 5) is 13.1. The lowest BCUT2D eigenvalue weighted by Crippen LogP contribution is -2.25. The second-order valence-electron chi connectivity index (χ2n) is 6.89. The van der Waals surface area contributed by atoms with Crippen LogP contribution in [0.3, 0.4) is 0 Å². The van der Waals surface area contributed by atoms with Gasteiger partial charge in [-0.2, -0.15) is 13.5 Å². The van der Waals surface area contributed by atoms with Crippen molar-refractivity contribution in [2.24, 2.45) is 0 Å². The van der Waals surface area contributed by atoms with E-state index in [1.807, 2.05) is 30.3 Å². The van der Waals surface area contributed by atoms with Gasteiger partial charge in [-0.1, -0.05) is 54.6 Å². The molecule has 0 fully saturated rings. The second kappa shape index (κ2) is 8.25. The monoisotopic (exact) mass is 436 g/mol. The highest BCUT2D eigenvalue weighted by molar-refractivity contribution is 7.85. The number of nitrogens with zero attached hydrogens (tertiary/aromatic N) is 2. The van der Waals surface area contributed by atoms with E-state index in [0.29, 0.717) is 22.3 Å². The van der Waals surface area contributed by atoms with Crippen molar-refractivity contribution in [2.45, 2.75) is 11.4 Å². The van der Waals surface area contributed by atoms with Gasteiger partial charge in [0.1, 0.15) is 5.82 Å². The Morgan fingerprint density at radius 2 is 1.48 bits per heavy atom. The smallest absolute Gasteiger partial charge is 0.282 e. The van der Waals surface area contributed by atoms with E-state index in [1.165, 1.54) is 59.4 Å². The first-order chi connectivity index (χ1) is 14.8. The van der Waals surface area contributed by atoms with Crippen molar-refractivity contribution in [3.8, 4) is 22.3 Å². The van der Waals surface area contributed by atoms with E-state index in [1.54, 1.807) is 0 Å². The Morgan fingerprint density at radius 1 is 0.871 bits per heavy atom. The number of benzene rings is 3. The molecule has 0 aliphatic carbocycles. The van der Waals surface area contributed by atoms with Gasteiger partial charge in [0, 0.05) is 5.56 Å². The fourth-order valence-corrected chi connectivity index (χ4v) is 3.76. The highest BCUT2D eigenvalue weighted by atomic mass is 32.2. The van der Waals surface area contributed by atoms with Crippen molar-refractivity contribution >= 4 is 10.1 Å². The van der Waals surface area contributed by atoms with Crippen molar-refractivity contribution in [1.82, 2.24) is 9.78 Å². The summed E-state index contributed by atoms with van der Waals surface area (Å²) in [5, 5.41) is 4.29. The number of aromatic nitrogens is 2. The third kappa shape index (κ3) is 4.45. The van der Waals surface area contributed by atoms with Gasteiger partial charge < -0.3 is 0 Å². The Labute approximate surface area is 178 Å². The van der Waals surface area contributed by atoms with Crippen LogP contribution in [0.15, 0.2) is 94.7 Å². The van der Waals surface area contributed by atoms with E-state index in [0.717, 1.165) is 5.56 Å². The van der Waals surface area contributed by atoms with Crippen molar-refractivity contribution in [2.75, 3.05) is 0 Å². The molecule has 0 amide bonds. The molecule has 0 spiro atoms. The summed E-state index contributed by atoms with van der Waals surface area (Å²) in [7, 11) is -4.34. The lowest BCUT2D eigenvalue weighted by atomic mass is 9.97. The van der Waals surface area contributed by atoms with Crippen LogP contribution in [0.1, 0.15) is 5.56 Å². The van der Waals surface area contributed by atoms with Gasteiger partial charge in [-0.25, -0.2) is 9.07 Å². The summed E-state index contributed by atoms with van der Waals surface area (Å²) in [6, 6.07) is 20.4. The van der Waals surface area contributed by atoms with Crippen LogP contribution in [0.5, 0.6) is 0 Å². The van der Waals surface area contributed by atoms with Crippen molar-refractivity contribution in [1.29, 1.82) is 0 Å². The molecule has 1 aromatic heterocycles. The minimum atomic E-state index is -4.34. The largest absolute Gasteiger partial charge is 0.294 e. The quantitative estimate of drug-likeness (QED) is 0.478. The summed E-state index contributed by atoms with van der Waals surface area (Å²) in [6.45, 7) is 0.260. The highest BCUT2D eigenvalue weighted by Crippen LogP contribution is 2.29. The molecule has 0 saturated carbocycles. The zero-order valence-electron chi connectivity index (χ0n) is 16.1. The Hall–Kier alpha value is -3.62. The molecule has 3 aromatic carbocycles. The van der Waals surface area contributed by atoms with E-state index in [2.05, 4.69) is 5.10 Å². The SMILES string of the molecule is O=c1c(-c2ccc(F)cc2)c(-c2ccc(S(=O)(=O)O)cc2)cnn1Cc1ccccc1. The predicted octanol–water partition coefficient (Wildman–Crippen LogP) is 4.01. The Bertz CT molecular complexity index is 1380. The van der Waals surface area contributed by atoms with Crippen LogP contribution < -0.4 is 5.56 Å². The fraction of sp³-hybridized carbons (Fsp3) is 0.0435. The van der Waals surface area contributed by atoms with Gasteiger partial charge in [0.15, 0.2) is 0 Å². The first kappa shape index (κ1) is 20.6. The lowest BCUT2D eigenvalue weighted by Gasteiger charge is -2.13. The van der Waals surface area contributed by atoms with Crippen LogP contribution in [-0.4, -0.2) is 22.8 Å². The summed E-state index contributed by atoms with van der Waals surface area (Å²) in [5.41, 5.74) is 2.33. The zero-order valence-corrected chi connectivity index (χ0v) is 17.0. The normalized spacial score (nSPS) is 11.4. The molecule has 0 aliphatic rings. The molecule has 1 heterocycles. The molecule has 4 aromatic rings. The van der Waals surface area contributed by atoms with E-state index >= 15 is 0 Å². The standard InChI is InChI=1S/C23H17FN2O4S/c24-19-10-6-18(7-11-19)22-21(17-8-12-20(13-9-17)31(28,29)30)14-25-26(23(22)27)15-16-4-2-1-3-5-16/h1-14H,15H2,(H,28,29,30). The average molecular weight is 436 g/mol. The summed E-state index contributed by atoms with van der Waals surface area (Å²) in [6.07, 6.45) is 1.52. The predicted molar refractivity (Wildman–Crippen MR) is 115 cm³/mol. The molecular formula is C23H17FN2O4S. The molecule has 0 atom stereocenters. The summed E-state index contributed by atoms with van der Waals surface area (Å²) >= 11 is 0. The summed E-state index contributed by atoms with van der Waals surface area (Å²) < 4.78 is 46.7. The topological polar surface area (TPSA) is 89.3 Å². The van der Waals surface area contributed by atoms with E-state index in [-0.39, 0.29) is 17.0 Å². The van der Waals surface area contributed by atoms with Crippen LogP contribution in [0, 0.1) is 5.82 Å². The molecule has 0 bridgehead atoms. The molecule has 1 N–H and O–H groups in total. The highest BCUT2D eigenvalue weighted by Gasteiger charge is 2.17. The molecule has 0 unspecified atom stereocenters. The van der Waals surface area contributed by atoms with Gasteiger partial charge in [0.2, 0.25) is 0 Å². The lowest BCUT2D eigenvalue weighted by molar-refractivity contribution is 0.483. The van der Waals surface area contributed by atoms with E-state index in [4.69, 9.17) is 0 Å². The maximum absolute atomic E-state index is 13.5. The molecule has 0 radical (unpaired) electrons. The fourth-order valence-electron chi connectivity index (χ4n) is 3.28. The number of rotatable bonds is 5. The molecule has 0 saturated heterocycles. The maximum atomic E-state index is 13.5. The third-order valence-electron chi connectivity index (χ3n) is 4.82. The third-order valence-corrected chi connectivity index (χ3v) is 5.68. The van der Waals surface area contributed by atoms with Crippen molar-refractivity contribution in [3.05, 3.63) is 107 Å². The van der Waals surface area contributed by atoms with Crippen LogP contribution in [0.25, 0.3) is 22.3 Å². The van der Waals surface area contributed by atoms with Gasteiger partial charge >= 0.3 is 0 Å². The molecule has 0 aliphatic heterocycles. The van der Waals surface area contributed by atoms with Gasteiger partial charge in [0.05, 0.1) is 23.2 Å². The zero-order chi connectivity index (χ0) is 22.0. The van der Waals surface area contributed by atoms with Crippen LogP contribution in [0.4, 0.5) is 4.39 Å². The van der Waals surface area contributed by atoms with Crippen molar-refractivity contribution < 1.29 is 17.4 Å². The molecule has 31 heavy (non-hydrogen) atoms. The summed E-state index contributed by atoms with van der Waals surface area (Å²) in [5.74, 6) is -0.429. The van der Waals surface area contributed by atoms with Crippen LogP contribution in [-0.2, 0) is 16.7 Å². The maximum Gasteiger partial charge on any atom is 0.294 e. The first-order valence-electron chi connectivity index (χ1n) is 9.31. The second-order valence-corrected chi connectivity index (χ2v) is 8.31. The molecule has 8 heteroatoms. The Balaban J connectivity index is 1.87. The number of hydrogen-bond donors (Lipinski definition) is 1.